The number of aliphatic hydroxyl groups is 1. The largest absolute Gasteiger partial charge is 0.573 e. The summed E-state index contributed by atoms with van der Waals surface area (Å²) in [7, 11) is 0. The number of nitrogens with zero attached hydrogens (tertiary/aromatic N) is 1. The smallest absolute Gasteiger partial charge is 0.404 e. The van der Waals surface area contributed by atoms with Gasteiger partial charge in [-0.1, -0.05) is 26.0 Å². The molecular weight excluding hydrogens is 323 g/mol. The maximum atomic E-state index is 12.4. The zero-order valence-electron chi connectivity index (χ0n) is 13.7. The van der Waals surface area contributed by atoms with Crippen molar-refractivity contribution in [3.63, 3.8) is 0 Å². The minimum absolute atomic E-state index is 0.0498. The van der Waals surface area contributed by atoms with Crippen molar-refractivity contribution < 1.29 is 23.0 Å². The molecule has 0 amide bonds. The number of hydrogen-bond acceptors (Lipinski definition) is 3. The summed E-state index contributed by atoms with van der Waals surface area (Å²) in [4.78, 5) is 4.10. The zero-order chi connectivity index (χ0) is 18.0. The van der Waals surface area contributed by atoms with Crippen molar-refractivity contribution in [3.8, 4) is 5.75 Å². The number of hydrogen-bond donors (Lipinski definition) is 3. The molecule has 24 heavy (non-hydrogen) atoms. The third-order valence-electron chi connectivity index (χ3n) is 4.54. The number of nitrogens with one attached hydrogen (secondary N) is 1. The lowest BCUT2D eigenvalue weighted by Crippen LogP contribution is -2.43. The minimum Gasteiger partial charge on any atom is -0.404 e. The molecule has 8 heteroatoms. The van der Waals surface area contributed by atoms with E-state index in [1.54, 1.807) is 6.07 Å². The quantitative estimate of drug-likeness (QED) is 0.578. The Morgan fingerprint density at radius 1 is 1.33 bits per heavy atom. The first kappa shape index (κ1) is 18.4. The van der Waals surface area contributed by atoms with Gasteiger partial charge in [0.05, 0.1) is 17.8 Å². The van der Waals surface area contributed by atoms with Crippen LogP contribution in [0.5, 0.6) is 5.75 Å². The number of anilines is 1. The standard InChI is InChI=1S/C16H22F3N3O2/c1-14(2)8-5-9-15(14,23)10-21-13(20)22-11-6-3-4-7-12(11)24-16(17,18)19/h3-4,6-7,23H,5,8-10H2,1-2H3,(H3,20,21,22). The summed E-state index contributed by atoms with van der Waals surface area (Å²) >= 11 is 0. The molecule has 1 unspecified atom stereocenters. The summed E-state index contributed by atoms with van der Waals surface area (Å²) in [5, 5.41) is 13.3. The van der Waals surface area contributed by atoms with E-state index in [4.69, 9.17) is 5.73 Å². The molecule has 5 nitrogen and oxygen atoms in total. The van der Waals surface area contributed by atoms with Crippen molar-refractivity contribution in [1.82, 2.24) is 0 Å². The summed E-state index contributed by atoms with van der Waals surface area (Å²) < 4.78 is 41.1. The number of alkyl halides is 3. The van der Waals surface area contributed by atoms with Crippen LogP contribution in [0, 0.1) is 5.41 Å². The summed E-state index contributed by atoms with van der Waals surface area (Å²) in [5.74, 6) is -0.479. The van der Waals surface area contributed by atoms with Gasteiger partial charge in [-0.2, -0.15) is 0 Å². The highest BCUT2D eigenvalue weighted by atomic mass is 19.4. The van der Waals surface area contributed by atoms with E-state index >= 15 is 0 Å². The third kappa shape index (κ3) is 4.31. The Hall–Kier alpha value is -1.96. The topological polar surface area (TPSA) is 79.9 Å². The van der Waals surface area contributed by atoms with Crippen molar-refractivity contribution in [2.24, 2.45) is 16.1 Å². The molecule has 2 rings (SSSR count). The highest BCUT2D eigenvalue weighted by Crippen LogP contribution is 2.46. The Kier molecular flexibility index (Phi) is 4.98. The van der Waals surface area contributed by atoms with Crippen LogP contribution in [-0.4, -0.2) is 29.6 Å². The van der Waals surface area contributed by atoms with Crippen LogP contribution in [0.4, 0.5) is 18.9 Å². The maximum Gasteiger partial charge on any atom is 0.573 e. The lowest BCUT2D eigenvalue weighted by Gasteiger charge is -2.35. The van der Waals surface area contributed by atoms with Crippen LogP contribution in [0.3, 0.4) is 0 Å². The van der Waals surface area contributed by atoms with Gasteiger partial charge >= 0.3 is 6.36 Å². The fraction of sp³-hybridized carbons (Fsp3) is 0.562. The first-order valence-corrected chi connectivity index (χ1v) is 7.67. The van der Waals surface area contributed by atoms with Crippen LogP contribution in [0.1, 0.15) is 33.1 Å². The number of nitrogens with two attached hydrogens (primary N) is 1. The van der Waals surface area contributed by atoms with Crippen LogP contribution < -0.4 is 15.8 Å². The van der Waals surface area contributed by atoms with Gasteiger partial charge in [0, 0.05) is 0 Å². The molecule has 134 valence electrons. The molecule has 1 aliphatic carbocycles. The minimum atomic E-state index is -4.80. The van der Waals surface area contributed by atoms with Gasteiger partial charge in [-0.15, -0.1) is 13.2 Å². The fourth-order valence-corrected chi connectivity index (χ4v) is 2.86. The van der Waals surface area contributed by atoms with Gasteiger partial charge < -0.3 is 20.9 Å². The second-order valence-electron chi connectivity index (χ2n) is 6.64. The Labute approximate surface area is 138 Å². The zero-order valence-corrected chi connectivity index (χ0v) is 13.7. The second-order valence-corrected chi connectivity index (χ2v) is 6.64. The van der Waals surface area contributed by atoms with Gasteiger partial charge in [-0.25, -0.2) is 0 Å². The van der Waals surface area contributed by atoms with E-state index in [0.717, 1.165) is 12.8 Å². The summed E-state index contributed by atoms with van der Waals surface area (Å²) in [6.45, 7) is 4.01. The molecule has 1 atom stereocenters. The molecular formula is C16H22F3N3O2. The molecule has 1 saturated carbocycles. The average Bonchev–Trinajstić information content (AvgIpc) is 2.72. The average molecular weight is 345 g/mol. The van der Waals surface area contributed by atoms with Crippen molar-refractivity contribution in [3.05, 3.63) is 24.3 Å². The molecule has 1 fully saturated rings. The SMILES string of the molecule is CC1(C)CCCC1(O)CN=C(N)Nc1ccccc1OC(F)(F)F. The van der Waals surface area contributed by atoms with E-state index in [1.165, 1.54) is 18.2 Å². The molecule has 0 saturated heterocycles. The number of para-hydroxylation sites is 2. The van der Waals surface area contributed by atoms with Crippen molar-refractivity contribution in [1.29, 1.82) is 0 Å². The molecule has 0 spiro atoms. The van der Waals surface area contributed by atoms with Crippen LogP contribution >= 0.6 is 0 Å². The Morgan fingerprint density at radius 2 is 2.00 bits per heavy atom. The van der Waals surface area contributed by atoms with Gasteiger partial charge in [0.15, 0.2) is 11.7 Å². The van der Waals surface area contributed by atoms with Crippen molar-refractivity contribution >= 4 is 11.6 Å². The van der Waals surface area contributed by atoms with Crippen LogP contribution in [0.2, 0.25) is 0 Å². The predicted octanol–water partition coefficient (Wildman–Crippen LogP) is 3.25. The van der Waals surface area contributed by atoms with E-state index in [-0.39, 0.29) is 23.6 Å². The first-order chi connectivity index (χ1) is 11.0. The monoisotopic (exact) mass is 345 g/mol. The van der Waals surface area contributed by atoms with E-state index in [0.29, 0.717) is 6.42 Å². The van der Waals surface area contributed by atoms with E-state index in [9.17, 15) is 18.3 Å². The number of guanidine groups is 1. The van der Waals surface area contributed by atoms with Crippen LogP contribution in [0.25, 0.3) is 0 Å². The lowest BCUT2D eigenvalue weighted by atomic mass is 9.78. The normalized spacial score (nSPS) is 24.0. The summed E-state index contributed by atoms with van der Waals surface area (Å²) in [5.41, 5.74) is 4.55. The number of rotatable bonds is 4. The molecule has 0 bridgehead atoms. The fourth-order valence-electron chi connectivity index (χ4n) is 2.86. The van der Waals surface area contributed by atoms with Gasteiger partial charge in [-0.3, -0.25) is 4.99 Å². The van der Waals surface area contributed by atoms with Crippen LogP contribution in [0.15, 0.2) is 29.3 Å². The highest BCUT2D eigenvalue weighted by Gasteiger charge is 2.47. The molecule has 0 heterocycles. The number of ether oxygens (including phenoxy) is 1. The predicted molar refractivity (Wildman–Crippen MR) is 85.8 cm³/mol. The van der Waals surface area contributed by atoms with Crippen molar-refractivity contribution in [2.45, 2.75) is 45.1 Å². The molecule has 1 aromatic carbocycles. The lowest BCUT2D eigenvalue weighted by molar-refractivity contribution is -0.274. The highest BCUT2D eigenvalue weighted by molar-refractivity contribution is 5.93. The first-order valence-electron chi connectivity index (χ1n) is 7.67. The van der Waals surface area contributed by atoms with Gasteiger partial charge in [0.25, 0.3) is 0 Å². The molecule has 4 N–H and O–H groups in total. The molecule has 0 aliphatic heterocycles. The summed E-state index contributed by atoms with van der Waals surface area (Å²) in [6.07, 6.45) is -2.40. The third-order valence-corrected chi connectivity index (χ3v) is 4.54. The maximum absolute atomic E-state index is 12.4. The number of halogens is 3. The Morgan fingerprint density at radius 3 is 2.58 bits per heavy atom. The molecule has 1 aliphatic rings. The van der Waals surface area contributed by atoms with Gasteiger partial charge in [0.2, 0.25) is 0 Å². The summed E-state index contributed by atoms with van der Waals surface area (Å²) in [6, 6.07) is 5.55. The van der Waals surface area contributed by atoms with E-state index < -0.39 is 17.7 Å². The number of benzene rings is 1. The van der Waals surface area contributed by atoms with Gasteiger partial charge in [-0.05, 0) is 36.8 Å². The van der Waals surface area contributed by atoms with Gasteiger partial charge in [0.1, 0.15) is 0 Å². The van der Waals surface area contributed by atoms with Crippen LogP contribution in [-0.2, 0) is 0 Å². The van der Waals surface area contributed by atoms with E-state index in [1.807, 2.05) is 13.8 Å². The van der Waals surface area contributed by atoms with E-state index in [2.05, 4.69) is 15.0 Å². The Bertz CT molecular complexity index is 617. The molecule has 0 radical (unpaired) electrons. The van der Waals surface area contributed by atoms with Crippen molar-refractivity contribution in [2.75, 3.05) is 11.9 Å². The molecule has 0 aromatic heterocycles. The number of aliphatic imine (C=N–C) groups is 1. The second kappa shape index (κ2) is 6.51. The molecule has 1 aromatic rings. The Balaban J connectivity index is 2.09.